The lowest BCUT2D eigenvalue weighted by Gasteiger charge is -2.21. The summed E-state index contributed by atoms with van der Waals surface area (Å²) in [7, 11) is 0. The third-order valence-corrected chi connectivity index (χ3v) is 1.58. The van der Waals surface area contributed by atoms with E-state index >= 15 is 0 Å². The van der Waals surface area contributed by atoms with E-state index in [4.69, 9.17) is 0 Å². The molecule has 1 fully saturated rings. The van der Waals surface area contributed by atoms with Crippen molar-refractivity contribution in [2.45, 2.75) is 19.3 Å². The first-order valence-corrected chi connectivity index (χ1v) is 3.60. The number of carbonyl (C=O) groups excluding carboxylic acids is 1. The fourth-order valence-electron chi connectivity index (χ4n) is 1.02. The van der Waals surface area contributed by atoms with Gasteiger partial charge in [0, 0.05) is 13.0 Å². The predicted octanol–water partition coefficient (Wildman–Crippen LogP) is -0.0388. The minimum Gasteiger partial charge on any atom is -0.320 e. The van der Waals surface area contributed by atoms with Crippen LogP contribution in [-0.4, -0.2) is 17.4 Å². The Kier molecular flexibility index (Phi) is 5.42. The second-order valence-electron chi connectivity index (χ2n) is 2.23. The van der Waals surface area contributed by atoms with Crippen molar-refractivity contribution < 1.29 is 4.79 Å². The Balaban J connectivity index is 0.000000461. The van der Waals surface area contributed by atoms with E-state index in [-0.39, 0.29) is 5.91 Å². The second-order valence-corrected chi connectivity index (χ2v) is 2.23. The molecule has 1 amide bonds. The Morgan fingerprint density at radius 1 is 1.45 bits per heavy atom. The summed E-state index contributed by atoms with van der Waals surface area (Å²) in [5.41, 5.74) is 0. The van der Waals surface area contributed by atoms with Gasteiger partial charge < -0.3 is 4.90 Å². The van der Waals surface area contributed by atoms with E-state index < -0.39 is 0 Å². The molecule has 0 bridgehead atoms. The van der Waals surface area contributed by atoms with Gasteiger partial charge in [-0.3, -0.25) is 16.5 Å². The van der Waals surface area contributed by atoms with Crippen LogP contribution in [-0.2, 0) is 4.79 Å². The third-order valence-electron chi connectivity index (χ3n) is 1.58. The smallest absolute Gasteiger partial charge is 0.226 e. The van der Waals surface area contributed by atoms with E-state index in [2.05, 4.69) is 18.3 Å². The van der Waals surface area contributed by atoms with Crippen LogP contribution in [0.25, 0.3) is 0 Å². The number of rotatable bonds is 1. The van der Waals surface area contributed by atoms with E-state index in [9.17, 15) is 4.79 Å². The monoisotopic (exact) mass is 157 g/mol. The molecule has 0 radical (unpaired) electrons. The third kappa shape index (κ3) is 3.15. The van der Waals surface area contributed by atoms with Crippen molar-refractivity contribution in [3.63, 3.8) is 0 Å². The summed E-state index contributed by atoms with van der Waals surface area (Å²) in [6.07, 6.45) is 4.48. The van der Waals surface area contributed by atoms with Crippen LogP contribution in [0.2, 0.25) is 0 Å². The molecule has 0 aliphatic carbocycles. The number of nitrogens with zero attached hydrogens (tertiary/aromatic N) is 1. The molecular weight excluding hydrogens is 142 g/mol. The van der Waals surface area contributed by atoms with E-state index in [0.29, 0.717) is 6.42 Å². The summed E-state index contributed by atoms with van der Waals surface area (Å²) in [6.45, 7) is 4.40. The number of hydrogen-bond donors (Lipinski definition) is 2. The van der Waals surface area contributed by atoms with Gasteiger partial charge in [-0.2, -0.15) is 0 Å². The van der Waals surface area contributed by atoms with Gasteiger partial charge in [0.1, 0.15) is 0 Å². The number of amides is 1. The predicted molar refractivity (Wildman–Crippen MR) is 44.1 cm³/mol. The summed E-state index contributed by atoms with van der Waals surface area (Å²) < 4.78 is 0. The van der Waals surface area contributed by atoms with Gasteiger partial charge in [-0.05, 0) is 19.0 Å². The molecule has 0 aromatic heterocycles. The SMILES string of the molecule is C=CN1CCCCC1=O.NN. The van der Waals surface area contributed by atoms with Crippen LogP contribution in [0.4, 0.5) is 0 Å². The molecule has 4 N–H and O–H groups in total. The molecule has 0 unspecified atom stereocenters. The lowest BCUT2D eigenvalue weighted by atomic mass is 10.1. The maximum Gasteiger partial charge on any atom is 0.226 e. The van der Waals surface area contributed by atoms with Gasteiger partial charge >= 0.3 is 0 Å². The van der Waals surface area contributed by atoms with E-state index in [1.165, 1.54) is 0 Å². The summed E-state index contributed by atoms with van der Waals surface area (Å²) >= 11 is 0. The topological polar surface area (TPSA) is 72.3 Å². The first-order chi connectivity index (χ1) is 5.34. The highest BCUT2D eigenvalue weighted by molar-refractivity contribution is 5.77. The van der Waals surface area contributed by atoms with Crippen molar-refractivity contribution in [2.75, 3.05) is 6.54 Å². The van der Waals surface area contributed by atoms with Crippen LogP contribution in [0.3, 0.4) is 0 Å². The molecule has 4 heteroatoms. The second kappa shape index (κ2) is 5.88. The normalized spacial score (nSPS) is 16.9. The lowest BCUT2D eigenvalue weighted by molar-refractivity contribution is -0.130. The van der Waals surface area contributed by atoms with Crippen LogP contribution >= 0.6 is 0 Å². The molecule has 4 nitrogen and oxygen atoms in total. The van der Waals surface area contributed by atoms with E-state index in [0.717, 1.165) is 19.4 Å². The Morgan fingerprint density at radius 3 is 2.45 bits per heavy atom. The Labute approximate surface area is 66.8 Å². The van der Waals surface area contributed by atoms with Gasteiger partial charge in [0.2, 0.25) is 5.91 Å². The molecule has 1 aliphatic heterocycles. The number of likely N-dealkylation sites (tertiary alicyclic amines) is 1. The summed E-state index contributed by atoms with van der Waals surface area (Å²) in [5.74, 6) is 8.22. The molecule has 0 spiro atoms. The zero-order chi connectivity index (χ0) is 8.69. The number of piperidine rings is 1. The molecule has 1 aliphatic rings. The first-order valence-electron chi connectivity index (χ1n) is 3.60. The Bertz CT molecular complexity index is 136. The quantitative estimate of drug-likeness (QED) is 0.414. The molecule has 11 heavy (non-hydrogen) atoms. The fourth-order valence-corrected chi connectivity index (χ4v) is 1.02. The van der Waals surface area contributed by atoms with E-state index in [1.807, 2.05) is 0 Å². The minimum atomic E-state index is 0.219. The zero-order valence-electron chi connectivity index (χ0n) is 6.62. The van der Waals surface area contributed by atoms with Crippen molar-refractivity contribution in [3.05, 3.63) is 12.8 Å². The van der Waals surface area contributed by atoms with Gasteiger partial charge in [-0.1, -0.05) is 6.58 Å². The average Bonchev–Trinajstić information content (AvgIpc) is 2.09. The summed E-state index contributed by atoms with van der Waals surface area (Å²) in [6, 6.07) is 0. The maximum atomic E-state index is 10.9. The number of nitrogens with two attached hydrogens (primary N) is 2. The van der Waals surface area contributed by atoms with Crippen LogP contribution in [0.15, 0.2) is 12.8 Å². The van der Waals surface area contributed by atoms with Gasteiger partial charge in [-0.25, -0.2) is 0 Å². The van der Waals surface area contributed by atoms with E-state index in [1.54, 1.807) is 11.1 Å². The Hall–Kier alpha value is -0.870. The van der Waals surface area contributed by atoms with Crippen molar-refractivity contribution in [3.8, 4) is 0 Å². The molecule has 0 saturated carbocycles. The average molecular weight is 157 g/mol. The minimum absolute atomic E-state index is 0.219. The van der Waals surface area contributed by atoms with Crippen molar-refractivity contribution in [1.82, 2.24) is 4.90 Å². The van der Waals surface area contributed by atoms with Crippen LogP contribution in [0, 0.1) is 0 Å². The Morgan fingerprint density at radius 2 is 2.09 bits per heavy atom. The van der Waals surface area contributed by atoms with Gasteiger partial charge in [-0.15, -0.1) is 0 Å². The van der Waals surface area contributed by atoms with Gasteiger partial charge in [0.25, 0.3) is 0 Å². The summed E-state index contributed by atoms with van der Waals surface area (Å²) in [5, 5.41) is 0. The standard InChI is InChI=1S/C7H11NO.H4N2/c1-2-8-6-4-3-5-7(8)9;1-2/h2H,1,3-6H2;1-2H2. The highest BCUT2D eigenvalue weighted by atomic mass is 16.2. The van der Waals surface area contributed by atoms with Crippen LogP contribution in [0.1, 0.15) is 19.3 Å². The largest absolute Gasteiger partial charge is 0.320 e. The van der Waals surface area contributed by atoms with Crippen molar-refractivity contribution in [1.29, 1.82) is 0 Å². The summed E-state index contributed by atoms with van der Waals surface area (Å²) in [4.78, 5) is 12.6. The number of hydrogen-bond acceptors (Lipinski definition) is 3. The molecule has 64 valence electrons. The van der Waals surface area contributed by atoms with Gasteiger partial charge in [0.15, 0.2) is 0 Å². The van der Waals surface area contributed by atoms with Gasteiger partial charge in [0.05, 0.1) is 0 Å². The first kappa shape index (κ1) is 10.1. The highest BCUT2D eigenvalue weighted by Gasteiger charge is 2.13. The van der Waals surface area contributed by atoms with Crippen molar-refractivity contribution >= 4 is 5.91 Å². The molecule has 0 aromatic carbocycles. The fraction of sp³-hybridized carbons (Fsp3) is 0.571. The number of carbonyl (C=O) groups is 1. The lowest BCUT2D eigenvalue weighted by Crippen LogP contribution is -2.29. The zero-order valence-corrected chi connectivity index (χ0v) is 6.62. The molecular formula is C7H15N3O. The van der Waals surface area contributed by atoms with Crippen LogP contribution in [0.5, 0.6) is 0 Å². The maximum absolute atomic E-state index is 10.9. The molecule has 1 rings (SSSR count). The van der Waals surface area contributed by atoms with Crippen molar-refractivity contribution in [2.24, 2.45) is 11.7 Å². The highest BCUT2D eigenvalue weighted by Crippen LogP contribution is 2.09. The molecule has 0 aromatic rings. The number of hydrazine groups is 1. The molecule has 0 atom stereocenters. The molecule has 1 heterocycles. The van der Waals surface area contributed by atoms with Crippen LogP contribution < -0.4 is 11.7 Å². The molecule has 1 saturated heterocycles.